The van der Waals surface area contributed by atoms with Crippen LogP contribution in [0.15, 0.2) is 41.5 Å². The summed E-state index contributed by atoms with van der Waals surface area (Å²) in [5.74, 6) is 0.146. The monoisotopic (exact) mass is 354 g/mol. The number of carbonyl (C=O) groups is 2. The molecule has 1 fully saturated rings. The van der Waals surface area contributed by atoms with Crippen molar-refractivity contribution in [1.82, 2.24) is 9.80 Å². The van der Waals surface area contributed by atoms with Crippen molar-refractivity contribution in [2.24, 2.45) is 0 Å². The Morgan fingerprint density at radius 1 is 1.23 bits per heavy atom. The summed E-state index contributed by atoms with van der Waals surface area (Å²) in [4.78, 5) is 29.8. The molecule has 0 N–H and O–H groups in total. The van der Waals surface area contributed by atoms with Crippen LogP contribution in [0.4, 0.5) is 0 Å². The molecule has 0 aromatic heterocycles. The van der Waals surface area contributed by atoms with Gasteiger partial charge in [-0.25, -0.2) is 0 Å². The molecule has 4 heteroatoms. The van der Waals surface area contributed by atoms with Crippen LogP contribution in [0.5, 0.6) is 0 Å². The summed E-state index contributed by atoms with van der Waals surface area (Å²) < 4.78 is 0. The first-order chi connectivity index (χ1) is 12.5. The van der Waals surface area contributed by atoms with Crippen molar-refractivity contribution in [1.29, 1.82) is 0 Å². The quantitative estimate of drug-likeness (QED) is 0.777. The minimum Gasteiger partial charge on any atom is -0.338 e. The minimum absolute atomic E-state index is 0.0575. The zero-order valence-electron chi connectivity index (χ0n) is 16.2. The predicted octanol–water partition coefficient (Wildman–Crippen LogP) is 3.92. The lowest BCUT2D eigenvalue weighted by Gasteiger charge is -2.33. The highest BCUT2D eigenvalue weighted by Crippen LogP contribution is 2.39. The molecule has 1 aromatic rings. The maximum Gasteiger partial charge on any atom is 0.251 e. The van der Waals surface area contributed by atoms with Crippen molar-refractivity contribution >= 4 is 11.8 Å². The van der Waals surface area contributed by atoms with Gasteiger partial charge in [-0.05, 0) is 51.2 Å². The third-order valence-corrected chi connectivity index (χ3v) is 5.63. The molecule has 1 atom stereocenters. The van der Waals surface area contributed by atoms with Gasteiger partial charge in [0.2, 0.25) is 5.91 Å². The van der Waals surface area contributed by atoms with Gasteiger partial charge < -0.3 is 9.80 Å². The predicted molar refractivity (Wildman–Crippen MR) is 103 cm³/mol. The molecule has 1 heterocycles. The zero-order valence-corrected chi connectivity index (χ0v) is 16.2. The number of amides is 2. The van der Waals surface area contributed by atoms with E-state index in [2.05, 4.69) is 13.8 Å². The number of hydrogen-bond acceptors (Lipinski definition) is 2. The summed E-state index contributed by atoms with van der Waals surface area (Å²) >= 11 is 0. The molecule has 1 aliphatic heterocycles. The fraction of sp³-hybridized carbons (Fsp3) is 0.545. The first-order valence-corrected chi connectivity index (χ1v) is 9.89. The summed E-state index contributed by atoms with van der Waals surface area (Å²) in [7, 11) is 0. The number of rotatable bonds is 6. The Kier molecular flexibility index (Phi) is 5.80. The number of nitrogens with zero attached hydrogens (tertiary/aromatic N) is 2. The third-order valence-electron chi connectivity index (χ3n) is 5.63. The second-order valence-electron chi connectivity index (χ2n) is 7.64. The van der Waals surface area contributed by atoms with Gasteiger partial charge in [-0.1, -0.05) is 36.8 Å². The van der Waals surface area contributed by atoms with Crippen LogP contribution in [0, 0.1) is 0 Å². The smallest absolute Gasteiger partial charge is 0.251 e. The Hall–Kier alpha value is -2.10. The molecule has 0 spiro atoms. The molecule has 0 bridgehead atoms. The fourth-order valence-corrected chi connectivity index (χ4v) is 4.31. The SMILES string of the molecule is CCN(Cc1ccccc1)C(=O)CC1=C2CCCCC2N(C(C)C)C1=O. The number of benzene rings is 1. The standard InChI is InChI=1S/C22H30N2O2/c1-4-23(15-17-10-6-5-7-11-17)21(25)14-19-18-12-8-9-13-20(18)24(16(2)3)22(19)26/h5-7,10-11,16,20H,4,8-9,12-15H2,1-3H3. The second-order valence-corrected chi connectivity index (χ2v) is 7.64. The van der Waals surface area contributed by atoms with Crippen molar-refractivity contribution in [2.75, 3.05) is 6.54 Å². The van der Waals surface area contributed by atoms with E-state index in [-0.39, 0.29) is 30.3 Å². The van der Waals surface area contributed by atoms with E-state index in [1.54, 1.807) is 0 Å². The van der Waals surface area contributed by atoms with E-state index in [0.29, 0.717) is 13.1 Å². The van der Waals surface area contributed by atoms with Gasteiger partial charge >= 0.3 is 0 Å². The van der Waals surface area contributed by atoms with Crippen LogP contribution in [-0.4, -0.2) is 40.2 Å². The van der Waals surface area contributed by atoms with Gasteiger partial charge in [0, 0.05) is 24.7 Å². The molecule has 2 aliphatic rings. The first kappa shape index (κ1) is 18.7. The van der Waals surface area contributed by atoms with Gasteiger partial charge in [-0.2, -0.15) is 0 Å². The van der Waals surface area contributed by atoms with Crippen LogP contribution >= 0.6 is 0 Å². The van der Waals surface area contributed by atoms with E-state index in [9.17, 15) is 9.59 Å². The zero-order chi connectivity index (χ0) is 18.7. The van der Waals surface area contributed by atoms with Crippen LogP contribution in [0.25, 0.3) is 0 Å². The van der Waals surface area contributed by atoms with E-state index in [4.69, 9.17) is 0 Å². The highest BCUT2D eigenvalue weighted by atomic mass is 16.2. The average molecular weight is 354 g/mol. The third kappa shape index (κ3) is 3.69. The lowest BCUT2D eigenvalue weighted by Crippen LogP contribution is -2.41. The van der Waals surface area contributed by atoms with Gasteiger partial charge in [-0.15, -0.1) is 0 Å². The van der Waals surface area contributed by atoms with Gasteiger partial charge in [0.1, 0.15) is 0 Å². The summed E-state index contributed by atoms with van der Waals surface area (Å²) in [6.07, 6.45) is 4.55. The summed E-state index contributed by atoms with van der Waals surface area (Å²) in [6.45, 7) is 7.40. The van der Waals surface area contributed by atoms with Crippen molar-refractivity contribution in [3.8, 4) is 0 Å². The van der Waals surface area contributed by atoms with E-state index in [1.807, 2.05) is 47.1 Å². The molecule has 1 unspecified atom stereocenters. The number of hydrogen-bond donors (Lipinski definition) is 0. The van der Waals surface area contributed by atoms with Crippen molar-refractivity contribution < 1.29 is 9.59 Å². The van der Waals surface area contributed by atoms with Crippen LogP contribution in [0.2, 0.25) is 0 Å². The molecular formula is C22H30N2O2. The summed E-state index contributed by atoms with van der Waals surface area (Å²) in [6, 6.07) is 10.4. The first-order valence-electron chi connectivity index (χ1n) is 9.89. The largest absolute Gasteiger partial charge is 0.338 e. The number of carbonyl (C=O) groups excluding carboxylic acids is 2. The van der Waals surface area contributed by atoms with E-state index >= 15 is 0 Å². The lowest BCUT2D eigenvalue weighted by molar-refractivity contribution is -0.134. The molecule has 1 aromatic carbocycles. The van der Waals surface area contributed by atoms with Crippen LogP contribution < -0.4 is 0 Å². The van der Waals surface area contributed by atoms with Gasteiger partial charge in [0.05, 0.1) is 12.5 Å². The van der Waals surface area contributed by atoms with Crippen molar-refractivity contribution in [2.45, 2.75) is 71.5 Å². The Bertz CT molecular complexity index is 693. The van der Waals surface area contributed by atoms with Gasteiger partial charge in [-0.3, -0.25) is 9.59 Å². The Balaban J connectivity index is 1.77. The van der Waals surface area contributed by atoms with Crippen LogP contribution in [0.1, 0.15) is 58.4 Å². The molecule has 0 radical (unpaired) electrons. The van der Waals surface area contributed by atoms with Crippen LogP contribution in [-0.2, 0) is 16.1 Å². The molecule has 2 amide bonds. The van der Waals surface area contributed by atoms with E-state index < -0.39 is 0 Å². The van der Waals surface area contributed by atoms with Gasteiger partial charge in [0.25, 0.3) is 5.91 Å². The van der Waals surface area contributed by atoms with Gasteiger partial charge in [0.15, 0.2) is 0 Å². The molecule has 140 valence electrons. The average Bonchev–Trinajstić information content (AvgIpc) is 2.92. The van der Waals surface area contributed by atoms with Crippen molar-refractivity contribution in [3.05, 3.63) is 47.0 Å². The Labute approximate surface area is 156 Å². The summed E-state index contributed by atoms with van der Waals surface area (Å²) in [5.41, 5.74) is 3.14. The normalized spacial score (nSPS) is 19.9. The minimum atomic E-state index is 0.0575. The Morgan fingerprint density at radius 2 is 1.96 bits per heavy atom. The molecule has 0 saturated heterocycles. The number of fused-ring (bicyclic) bond motifs is 1. The Morgan fingerprint density at radius 3 is 2.62 bits per heavy atom. The topological polar surface area (TPSA) is 40.6 Å². The van der Waals surface area contributed by atoms with E-state index in [1.165, 1.54) is 12.0 Å². The maximum atomic E-state index is 13.0. The molecule has 4 nitrogen and oxygen atoms in total. The van der Waals surface area contributed by atoms with Crippen LogP contribution in [0.3, 0.4) is 0 Å². The maximum absolute atomic E-state index is 13.0. The van der Waals surface area contributed by atoms with E-state index in [0.717, 1.165) is 30.4 Å². The summed E-state index contributed by atoms with van der Waals surface area (Å²) in [5, 5.41) is 0. The highest BCUT2D eigenvalue weighted by molar-refractivity contribution is 6.02. The van der Waals surface area contributed by atoms with Crippen molar-refractivity contribution in [3.63, 3.8) is 0 Å². The second kappa shape index (κ2) is 8.07. The molecule has 3 rings (SSSR count). The molecule has 1 aliphatic carbocycles. The fourth-order valence-electron chi connectivity index (χ4n) is 4.31. The molecule has 26 heavy (non-hydrogen) atoms. The molecule has 1 saturated carbocycles. The molecular weight excluding hydrogens is 324 g/mol. The highest BCUT2D eigenvalue weighted by Gasteiger charge is 2.41. The lowest BCUT2D eigenvalue weighted by atomic mass is 9.88.